The average molecular weight is 324 g/mol. The van der Waals surface area contributed by atoms with Crippen LogP contribution in [0.15, 0.2) is 35.4 Å². The van der Waals surface area contributed by atoms with Crippen molar-refractivity contribution >= 4 is 21.6 Å². The molecule has 0 saturated carbocycles. The summed E-state index contributed by atoms with van der Waals surface area (Å²) >= 11 is 1.72. The highest BCUT2D eigenvalue weighted by molar-refractivity contribution is 7.18. The van der Waals surface area contributed by atoms with Crippen molar-refractivity contribution in [3.8, 4) is 0 Å². The molecule has 1 aromatic carbocycles. The number of fused-ring (bicyclic) bond motifs is 3. The lowest BCUT2D eigenvalue weighted by molar-refractivity contribution is 0.712. The zero-order valence-electron chi connectivity index (χ0n) is 13.3. The van der Waals surface area contributed by atoms with Crippen molar-refractivity contribution in [2.75, 3.05) is 0 Å². The van der Waals surface area contributed by atoms with Gasteiger partial charge in [0.05, 0.1) is 18.3 Å². The van der Waals surface area contributed by atoms with Crippen molar-refractivity contribution in [2.24, 2.45) is 0 Å². The summed E-state index contributed by atoms with van der Waals surface area (Å²) in [7, 11) is 0. The first-order valence-corrected chi connectivity index (χ1v) is 9.10. The normalized spacial score (nSPS) is 14.7. The number of rotatable bonds is 2. The molecule has 0 fully saturated rings. The highest BCUT2D eigenvalue weighted by Crippen LogP contribution is 2.32. The Morgan fingerprint density at radius 2 is 2.00 bits per heavy atom. The number of benzene rings is 1. The number of nitrogens with zero attached hydrogens (tertiary/aromatic N) is 2. The quantitative estimate of drug-likeness (QED) is 0.666. The molecule has 0 amide bonds. The fraction of sp³-hybridized carbons (Fsp3) is 0.368. The fourth-order valence-corrected chi connectivity index (χ4v) is 4.66. The van der Waals surface area contributed by atoms with Crippen molar-refractivity contribution in [1.29, 1.82) is 0 Å². The van der Waals surface area contributed by atoms with E-state index in [1.54, 1.807) is 22.2 Å². The summed E-state index contributed by atoms with van der Waals surface area (Å²) in [5.74, 6) is 0. The third-order valence-corrected chi connectivity index (χ3v) is 5.99. The van der Waals surface area contributed by atoms with Gasteiger partial charge in [0.1, 0.15) is 4.83 Å². The van der Waals surface area contributed by atoms with E-state index in [4.69, 9.17) is 0 Å². The molecular weight excluding hydrogens is 304 g/mol. The van der Waals surface area contributed by atoms with Gasteiger partial charge in [0.15, 0.2) is 0 Å². The average Bonchev–Trinajstić information content (AvgIpc) is 2.75. The monoisotopic (exact) mass is 324 g/mol. The molecule has 0 unspecified atom stereocenters. The molecule has 2 heterocycles. The predicted octanol–water partition coefficient (Wildman–Crippen LogP) is 4.08. The Balaban J connectivity index is 1.83. The van der Waals surface area contributed by atoms with Crippen LogP contribution in [0.3, 0.4) is 0 Å². The smallest absolute Gasteiger partial charge is 0.262 e. The Morgan fingerprint density at radius 1 is 1.17 bits per heavy atom. The first-order chi connectivity index (χ1) is 11.2. The molecule has 0 bridgehead atoms. The Labute approximate surface area is 139 Å². The van der Waals surface area contributed by atoms with Crippen LogP contribution in [0.4, 0.5) is 0 Å². The van der Waals surface area contributed by atoms with E-state index in [-0.39, 0.29) is 5.56 Å². The van der Waals surface area contributed by atoms with E-state index in [2.05, 4.69) is 24.0 Å². The van der Waals surface area contributed by atoms with E-state index in [0.29, 0.717) is 6.54 Å². The minimum absolute atomic E-state index is 0.123. The molecule has 0 atom stereocenters. The second-order valence-corrected chi connectivity index (χ2v) is 7.43. The van der Waals surface area contributed by atoms with Crippen LogP contribution in [0.5, 0.6) is 0 Å². The third-order valence-electron chi connectivity index (χ3n) is 4.79. The number of hydrogen-bond acceptors (Lipinski definition) is 3. The molecule has 0 aliphatic heterocycles. The van der Waals surface area contributed by atoms with E-state index in [1.807, 2.05) is 12.1 Å². The minimum Gasteiger partial charge on any atom is -0.294 e. The molecule has 118 valence electrons. The van der Waals surface area contributed by atoms with Crippen LogP contribution in [0.25, 0.3) is 10.2 Å². The van der Waals surface area contributed by atoms with Gasteiger partial charge in [-0.25, -0.2) is 4.98 Å². The third kappa shape index (κ3) is 2.61. The maximum atomic E-state index is 13.0. The zero-order valence-corrected chi connectivity index (χ0v) is 14.2. The van der Waals surface area contributed by atoms with Crippen LogP contribution < -0.4 is 5.56 Å². The van der Waals surface area contributed by atoms with Gasteiger partial charge in [0, 0.05) is 4.88 Å². The van der Waals surface area contributed by atoms with Gasteiger partial charge in [-0.2, -0.15) is 0 Å². The molecule has 1 aliphatic rings. The Kier molecular flexibility index (Phi) is 3.77. The van der Waals surface area contributed by atoms with E-state index < -0.39 is 0 Å². The van der Waals surface area contributed by atoms with Gasteiger partial charge >= 0.3 is 0 Å². The molecule has 0 N–H and O–H groups in total. The second-order valence-electron chi connectivity index (χ2n) is 6.35. The summed E-state index contributed by atoms with van der Waals surface area (Å²) in [4.78, 5) is 19.9. The van der Waals surface area contributed by atoms with Crippen molar-refractivity contribution in [2.45, 2.75) is 45.6 Å². The van der Waals surface area contributed by atoms with E-state index in [9.17, 15) is 4.79 Å². The van der Waals surface area contributed by atoms with Crippen molar-refractivity contribution in [3.63, 3.8) is 0 Å². The molecule has 4 rings (SSSR count). The number of aryl methyl sites for hydroxylation is 3. The van der Waals surface area contributed by atoms with Crippen LogP contribution in [0.1, 0.15) is 40.8 Å². The second kappa shape index (κ2) is 5.93. The zero-order chi connectivity index (χ0) is 15.8. The molecule has 23 heavy (non-hydrogen) atoms. The lowest BCUT2D eigenvalue weighted by Gasteiger charge is -2.08. The maximum absolute atomic E-state index is 13.0. The van der Waals surface area contributed by atoms with Gasteiger partial charge < -0.3 is 0 Å². The van der Waals surface area contributed by atoms with E-state index >= 15 is 0 Å². The van der Waals surface area contributed by atoms with Gasteiger partial charge in [-0.05, 0) is 49.3 Å². The molecule has 1 aliphatic carbocycles. The molecular formula is C19H20N2OS. The van der Waals surface area contributed by atoms with E-state index in [0.717, 1.165) is 23.1 Å². The summed E-state index contributed by atoms with van der Waals surface area (Å²) in [6, 6.07) is 8.22. The summed E-state index contributed by atoms with van der Waals surface area (Å²) in [6.07, 6.45) is 7.53. The Bertz CT molecular complexity index is 923. The topological polar surface area (TPSA) is 34.9 Å². The van der Waals surface area contributed by atoms with Gasteiger partial charge in [-0.3, -0.25) is 9.36 Å². The summed E-state index contributed by atoms with van der Waals surface area (Å²) in [6.45, 7) is 2.68. The van der Waals surface area contributed by atoms with Crippen molar-refractivity contribution in [3.05, 3.63) is 62.5 Å². The molecule has 2 aromatic heterocycles. The molecule has 4 heteroatoms. The van der Waals surface area contributed by atoms with Crippen LogP contribution in [-0.4, -0.2) is 9.55 Å². The SMILES string of the molecule is Cc1ccccc1Cn1cnc2sc3c(c2c1=O)CCCCC3. The van der Waals surface area contributed by atoms with Gasteiger partial charge in [-0.15, -0.1) is 11.3 Å². The van der Waals surface area contributed by atoms with Crippen LogP contribution in [-0.2, 0) is 19.4 Å². The Hall–Kier alpha value is -1.94. The lowest BCUT2D eigenvalue weighted by atomic mass is 10.1. The number of thiophene rings is 1. The van der Waals surface area contributed by atoms with Gasteiger partial charge in [0.25, 0.3) is 5.56 Å². The fourth-order valence-electron chi connectivity index (χ4n) is 3.44. The van der Waals surface area contributed by atoms with E-state index in [1.165, 1.54) is 40.8 Å². The van der Waals surface area contributed by atoms with Crippen molar-refractivity contribution in [1.82, 2.24) is 9.55 Å². The van der Waals surface area contributed by atoms with Gasteiger partial charge in [0.2, 0.25) is 0 Å². The first kappa shape index (κ1) is 14.6. The molecule has 0 spiro atoms. The molecule has 3 nitrogen and oxygen atoms in total. The summed E-state index contributed by atoms with van der Waals surface area (Å²) in [5, 5.41) is 0.878. The highest BCUT2D eigenvalue weighted by atomic mass is 32.1. The number of hydrogen-bond donors (Lipinski definition) is 0. The maximum Gasteiger partial charge on any atom is 0.262 e. The summed E-state index contributed by atoms with van der Waals surface area (Å²) in [5.41, 5.74) is 3.79. The summed E-state index contributed by atoms with van der Waals surface area (Å²) < 4.78 is 1.77. The predicted molar refractivity (Wildman–Crippen MR) is 95.4 cm³/mol. The standard InChI is InChI=1S/C19H20N2OS/c1-13-7-5-6-8-14(13)11-21-12-20-18-17(19(21)22)15-9-3-2-4-10-16(15)23-18/h5-8,12H,2-4,9-11H2,1H3. The molecule has 0 saturated heterocycles. The van der Waals surface area contributed by atoms with Gasteiger partial charge in [-0.1, -0.05) is 30.7 Å². The van der Waals surface area contributed by atoms with Crippen LogP contribution >= 0.6 is 11.3 Å². The van der Waals surface area contributed by atoms with Crippen molar-refractivity contribution < 1.29 is 0 Å². The van der Waals surface area contributed by atoms with Crippen LogP contribution in [0, 0.1) is 6.92 Å². The minimum atomic E-state index is 0.123. The largest absolute Gasteiger partial charge is 0.294 e. The first-order valence-electron chi connectivity index (χ1n) is 8.28. The lowest BCUT2D eigenvalue weighted by Crippen LogP contribution is -2.21. The highest BCUT2D eigenvalue weighted by Gasteiger charge is 2.19. The molecule has 3 aromatic rings. The van der Waals surface area contributed by atoms with Crippen LogP contribution in [0.2, 0.25) is 0 Å². The Morgan fingerprint density at radius 3 is 2.87 bits per heavy atom. The molecule has 0 radical (unpaired) electrons. The number of aromatic nitrogens is 2.